The second kappa shape index (κ2) is 17.8. The number of benzene rings is 4. The topological polar surface area (TPSA) is 153 Å². The molecule has 6 rings (SSSR count). The van der Waals surface area contributed by atoms with Gasteiger partial charge in [-0.2, -0.15) is 0 Å². The zero-order chi connectivity index (χ0) is 37.9. The number of carbonyl (C=O) groups is 4. The third-order valence-corrected chi connectivity index (χ3v) is 8.70. The van der Waals surface area contributed by atoms with Crippen LogP contribution in [-0.4, -0.2) is 50.3 Å². The van der Waals surface area contributed by atoms with E-state index in [4.69, 9.17) is 18.9 Å². The van der Waals surface area contributed by atoms with Crippen molar-refractivity contribution < 1.29 is 38.1 Å². The number of hydrogen-bond donors (Lipinski definition) is 4. The van der Waals surface area contributed by atoms with Gasteiger partial charge in [-0.15, -0.1) is 0 Å². The quantitative estimate of drug-likeness (QED) is 0.0886. The molecule has 0 saturated carbocycles. The molecular weight excluding hydrogens is 688 g/mol. The minimum atomic E-state index is -0.421. The predicted octanol–water partition coefficient (Wildman–Crippen LogP) is 5.80. The Morgan fingerprint density at radius 2 is 0.907 bits per heavy atom. The van der Waals surface area contributed by atoms with E-state index in [1.807, 2.05) is 38.1 Å². The van der Waals surface area contributed by atoms with E-state index in [9.17, 15) is 19.2 Å². The van der Waals surface area contributed by atoms with Crippen molar-refractivity contribution in [3.63, 3.8) is 0 Å². The summed E-state index contributed by atoms with van der Waals surface area (Å²) in [7, 11) is 0. The summed E-state index contributed by atoms with van der Waals surface area (Å²) >= 11 is 0. The van der Waals surface area contributed by atoms with Crippen molar-refractivity contribution in [1.29, 1.82) is 0 Å². The number of fused-ring (bicyclic) bond motifs is 2. The number of ether oxygens (including phenoxy) is 4. The van der Waals surface area contributed by atoms with Crippen LogP contribution in [0.1, 0.15) is 68.7 Å². The first-order valence-electron chi connectivity index (χ1n) is 17.8. The molecule has 2 aliphatic heterocycles. The molecule has 4 amide bonds. The van der Waals surface area contributed by atoms with Gasteiger partial charge in [-0.05, 0) is 98.5 Å². The molecule has 12 heteroatoms. The van der Waals surface area contributed by atoms with Gasteiger partial charge in [-0.3, -0.25) is 19.2 Å². The Kier molecular flexibility index (Phi) is 12.2. The van der Waals surface area contributed by atoms with Crippen LogP contribution in [0.2, 0.25) is 0 Å². The van der Waals surface area contributed by atoms with Crippen LogP contribution in [0.3, 0.4) is 0 Å². The van der Waals surface area contributed by atoms with Crippen LogP contribution < -0.4 is 40.2 Å². The Balaban J connectivity index is 0.991. The molecule has 0 aromatic heterocycles. The maximum absolute atomic E-state index is 13.3. The third-order valence-electron chi connectivity index (χ3n) is 8.70. The minimum Gasteiger partial charge on any atom is -0.454 e. The molecule has 0 unspecified atom stereocenters. The van der Waals surface area contributed by atoms with Crippen molar-refractivity contribution in [2.24, 2.45) is 0 Å². The molecular formula is C42H42N4O8. The van der Waals surface area contributed by atoms with Gasteiger partial charge in [-0.1, -0.05) is 60.4 Å². The second-order valence-electron chi connectivity index (χ2n) is 12.9. The first-order valence-corrected chi connectivity index (χ1v) is 17.8. The maximum atomic E-state index is 13.3. The number of carbonyl (C=O) groups excluding carboxylic acids is 4. The fraction of sp³-hybridized carbons (Fsp3) is 0.238. The molecule has 0 radical (unpaired) electrons. The highest BCUT2D eigenvalue weighted by Gasteiger charge is 2.19. The van der Waals surface area contributed by atoms with Crippen LogP contribution in [-0.2, 0) is 9.59 Å². The van der Waals surface area contributed by atoms with Gasteiger partial charge in [0.05, 0.1) is 0 Å². The van der Waals surface area contributed by atoms with E-state index in [1.54, 1.807) is 72.8 Å². The van der Waals surface area contributed by atoms with E-state index in [2.05, 4.69) is 21.3 Å². The van der Waals surface area contributed by atoms with Gasteiger partial charge < -0.3 is 40.2 Å². The number of amides is 4. The fourth-order valence-electron chi connectivity index (χ4n) is 5.65. The van der Waals surface area contributed by atoms with E-state index < -0.39 is 23.6 Å². The van der Waals surface area contributed by atoms with Gasteiger partial charge in [0.2, 0.25) is 13.6 Å². The number of hydrogen-bond acceptors (Lipinski definition) is 8. The molecule has 0 fully saturated rings. The molecule has 4 N–H and O–H groups in total. The lowest BCUT2D eigenvalue weighted by atomic mass is 10.1. The monoisotopic (exact) mass is 730 g/mol. The highest BCUT2D eigenvalue weighted by Crippen LogP contribution is 2.34. The van der Waals surface area contributed by atoms with Crippen LogP contribution >= 0.6 is 0 Å². The van der Waals surface area contributed by atoms with E-state index in [1.165, 1.54) is 0 Å². The van der Waals surface area contributed by atoms with Crippen LogP contribution in [0.5, 0.6) is 23.0 Å². The highest BCUT2D eigenvalue weighted by atomic mass is 16.7. The third kappa shape index (κ3) is 10.1. The average Bonchev–Trinajstić information content (AvgIpc) is 3.85. The van der Waals surface area contributed by atoms with Crippen molar-refractivity contribution in [2.45, 2.75) is 39.5 Å². The maximum Gasteiger partial charge on any atom is 0.267 e. The summed E-state index contributed by atoms with van der Waals surface area (Å²) in [5.74, 6) is 0.714. The molecule has 278 valence electrons. The van der Waals surface area contributed by atoms with Crippen LogP contribution in [0.15, 0.2) is 96.3 Å². The lowest BCUT2D eigenvalue weighted by Crippen LogP contribution is -2.35. The van der Waals surface area contributed by atoms with Gasteiger partial charge in [0.25, 0.3) is 23.6 Å². The number of aryl methyl sites for hydroxylation is 2. The molecule has 0 atom stereocenters. The molecule has 4 aromatic carbocycles. The van der Waals surface area contributed by atoms with E-state index in [-0.39, 0.29) is 25.0 Å². The minimum absolute atomic E-state index is 0.0984. The lowest BCUT2D eigenvalue weighted by molar-refractivity contribution is -0.118. The number of rotatable bonds is 15. The highest BCUT2D eigenvalue weighted by molar-refractivity contribution is 6.06. The Labute approximate surface area is 313 Å². The number of unbranched alkanes of at least 4 members (excludes halogenated alkanes) is 3. The second-order valence-corrected chi connectivity index (χ2v) is 12.9. The zero-order valence-electron chi connectivity index (χ0n) is 30.2. The van der Waals surface area contributed by atoms with E-state index in [0.717, 1.165) is 24.0 Å². The van der Waals surface area contributed by atoms with Crippen LogP contribution in [0, 0.1) is 13.8 Å². The van der Waals surface area contributed by atoms with Crippen molar-refractivity contribution in [2.75, 3.05) is 26.7 Å². The molecule has 12 nitrogen and oxygen atoms in total. The molecule has 0 spiro atoms. The Morgan fingerprint density at radius 3 is 1.31 bits per heavy atom. The summed E-state index contributed by atoms with van der Waals surface area (Å²) in [6.07, 6.45) is 6.15. The molecule has 2 heterocycles. The van der Waals surface area contributed by atoms with Gasteiger partial charge in [-0.25, -0.2) is 0 Å². The molecule has 54 heavy (non-hydrogen) atoms. The van der Waals surface area contributed by atoms with Crippen LogP contribution in [0.4, 0.5) is 0 Å². The smallest absolute Gasteiger partial charge is 0.267 e. The van der Waals surface area contributed by atoms with Crippen molar-refractivity contribution in [3.05, 3.63) is 130 Å². The molecule has 4 aromatic rings. The van der Waals surface area contributed by atoms with Crippen molar-refractivity contribution >= 4 is 35.8 Å². The van der Waals surface area contributed by atoms with Gasteiger partial charge in [0.15, 0.2) is 23.0 Å². The summed E-state index contributed by atoms with van der Waals surface area (Å²) < 4.78 is 21.7. The van der Waals surface area contributed by atoms with E-state index in [0.29, 0.717) is 71.2 Å². The normalized spacial score (nSPS) is 12.9. The average molecular weight is 731 g/mol. The molecule has 2 aliphatic rings. The first kappa shape index (κ1) is 37.2. The predicted molar refractivity (Wildman–Crippen MR) is 203 cm³/mol. The SMILES string of the molecule is Cc1ccc(C(=O)N/C(=C\c2ccc3c(c2)OCO3)C(=O)NCCCCCCNC(=O)/C(=C/c2ccc3c(c2)OCO3)NC(=O)c2ccc(C)cc2)cc1. The van der Waals surface area contributed by atoms with Crippen molar-refractivity contribution in [1.82, 2.24) is 21.3 Å². The summed E-state index contributed by atoms with van der Waals surface area (Å²) in [4.78, 5) is 52.7. The Hall–Kier alpha value is -6.56. The van der Waals surface area contributed by atoms with Gasteiger partial charge in [0, 0.05) is 24.2 Å². The molecule has 0 aliphatic carbocycles. The summed E-state index contributed by atoms with van der Waals surface area (Å²) in [6.45, 7) is 4.89. The first-order chi connectivity index (χ1) is 26.2. The Bertz CT molecular complexity index is 1920. The van der Waals surface area contributed by atoms with Gasteiger partial charge >= 0.3 is 0 Å². The summed E-state index contributed by atoms with van der Waals surface area (Å²) in [6, 6.07) is 24.8. The van der Waals surface area contributed by atoms with E-state index >= 15 is 0 Å². The molecule has 0 saturated heterocycles. The summed E-state index contributed by atoms with van der Waals surface area (Å²) in [5, 5.41) is 11.3. The summed E-state index contributed by atoms with van der Waals surface area (Å²) in [5.41, 5.74) is 4.43. The van der Waals surface area contributed by atoms with Crippen molar-refractivity contribution in [3.8, 4) is 23.0 Å². The van der Waals surface area contributed by atoms with Crippen LogP contribution in [0.25, 0.3) is 12.2 Å². The van der Waals surface area contributed by atoms with Gasteiger partial charge in [0.1, 0.15) is 11.4 Å². The molecule has 0 bridgehead atoms. The zero-order valence-corrected chi connectivity index (χ0v) is 30.2. The fourth-order valence-corrected chi connectivity index (χ4v) is 5.65. The Morgan fingerprint density at radius 1 is 0.519 bits per heavy atom. The standard InChI is InChI=1S/C42H42N4O8/c1-27-7-13-31(14-8-27)39(47)45-33(21-29-11-17-35-37(23-29)53-25-51-35)41(49)43-19-5-3-4-6-20-44-42(50)34(46-40(48)32-15-9-28(2)10-16-32)22-30-12-18-36-38(24-30)54-26-52-36/h7-18,21-24H,3-6,19-20,25-26H2,1-2H3,(H,43,49)(H,44,50)(H,45,47)(H,46,48)/b33-21-,34-22-. The lowest BCUT2D eigenvalue weighted by Gasteiger charge is -2.12. The number of nitrogens with one attached hydrogen (secondary N) is 4. The largest absolute Gasteiger partial charge is 0.454 e.